The van der Waals surface area contributed by atoms with Crippen LogP contribution in [0.3, 0.4) is 0 Å². The summed E-state index contributed by atoms with van der Waals surface area (Å²) in [5, 5.41) is 0.784. The van der Waals surface area contributed by atoms with Crippen LogP contribution in [0.1, 0.15) is 54.4 Å². The van der Waals surface area contributed by atoms with Crippen LogP contribution in [0.15, 0.2) is 36.4 Å². The maximum Gasteiger partial charge on any atom is 0.416 e. The average Bonchev–Trinajstić information content (AvgIpc) is 2.78. The number of hydrogen-bond donors (Lipinski definition) is 0. The van der Waals surface area contributed by atoms with Crippen LogP contribution >= 0.6 is 23.2 Å². The lowest BCUT2D eigenvalue weighted by atomic mass is 9.90. The Balaban J connectivity index is 1.82. The molecule has 1 aliphatic rings. The zero-order chi connectivity index (χ0) is 24.7. The van der Waals surface area contributed by atoms with Crippen molar-refractivity contribution in [3.8, 4) is 0 Å². The number of carbonyl (C=O) groups excluding carboxylic acids is 1. The molecule has 1 saturated carbocycles. The Hall–Kier alpha value is -1.96. The van der Waals surface area contributed by atoms with E-state index >= 15 is 0 Å². The van der Waals surface area contributed by atoms with Gasteiger partial charge in [-0.05, 0) is 65.8 Å². The predicted molar refractivity (Wildman–Crippen MR) is 126 cm³/mol. The zero-order valence-electron chi connectivity index (χ0n) is 19.0. The maximum atomic E-state index is 13.4. The van der Waals surface area contributed by atoms with Crippen molar-refractivity contribution in [1.29, 1.82) is 0 Å². The van der Waals surface area contributed by atoms with Gasteiger partial charge in [0.05, 0.1) is 19.3 Å². The highest BCUT2D eigenvalue weighted by Crippen LogP contribution is 2.32. The van der Waals surface area contributed by atoms with Crippen molar-refractivity contribution >= 4 is 29.3 Å². The van der Waals surface area contributed by atoms with Gasteiger partial charge in [0.1, 0.15) is 0 Å². The second-order valence-corrected chi connectivity index (χ2v) is 9.48. The van der Waals surface area contributed by atoms with Gasteiger partial charge < -0.3 is 9.47 Å². The van der Waals surface area contributed by atoms with E-state index in [1.54, 1.807) is 18.2 Å². The molecule has 0 aromatic heterocycles. The second kappa shape index (κ2) is 12.1. The maximum absolute atomic E-state index is 13.4. The lowest BCUT2D eigenvalue weighted by Gasteiger charge is -2.24. The van der Waals surface area contributed by atoms with Crippen LogP contribution in [0.2, 0.25) is 10.0 Å². The van der Waals surface area contributed by atoms with E-state index < -0.39 is 17.8 Å². The fourth-order valence-electron chi connectivity index (χ4n) is 4.22. The van der Waals surface area contributed by atoms with Gasteiger partial charge in [-0.2, -0.15) is 13.2 Å². The van der Waals surface area contributed by atoms with Gasteiger partial charge in [0, 0.05) is 29.7 Å². The molecule has 0 N–H and O–H groups in total. The van der Waals surface area contributed by atoms with Crippen LogP contribution in [0.5, 0.6) is 0 Å². The molecule has 1 fully saturated rings. The minimum Gasteiger partial charge on any atom is -0.453 e. The molecular weight excluding hydrogens is 490 g/mol. The van der Waals surface area contributed by atoms with Crippen molar-refractivity contribution in [1.82, 2.24) is 4.90 Å². The van der Waals surface area contributed by atoms with E-state index in [-0.39, 0.29) is 19.7 Å². The molecule has 1 amide bonds. The van der Waals surface area contributed by atoms with Gasteiger partial charge in [0.15, 0.2) is 0 Å². The Morgan fingerprint density at radius 2 is 1.68 bits per heavy atom. The number of benzene rings is 2. The number of methoxy groups -OCH3 is 1. The molecule has 0 unspecified atom stereocenters. The first-order valence-corrected chi connectivity index (χ1v) is 12.0. The van der Waals surface area contributed by atoms with E-state index in [2.05, 4.69) is 0 Å². The van der Waals surface area contributed by atoms with Crippen molar-refractivity contribution in [2.75, 3.05) is 13.7 Å². The van der Waals surface area contributed by atoms with Crippen molar-refractivity contribution in [3.05, 3.63) is 68.7 Å². The standard InChI is InChI=1S/C25H28Cl2F3NO3/c1-33-24(32)31(13-18-9-22(26)12-23(27)10-18)14-20-11-21(25(28,29)30)8-7-19(20)16-34-15-17-5-3-2-4-6-17/h7-12,17H,2-6,13-16H2,1H3. The first-order chi connectivity index (χ1) is 16.2. The van der Waals surface area contributed by atoms with Crippen LogP contribution in [-0.2, 0) is 35.3 Å². The Labute approximate surface area is 207 Å². The van der Waals surface area contributed by atoms with Crippen LogP contribution in [0, 0.1) is 5.92 Å². The van der Waals surface area contributed by atoms with Crippen LogP contribution in [0.25, 0.3) is 0 Å². The molecule has 0 bridgehead atoms. The zero-order valence-corrected chi connectivity index (χ0v) is 20.5. The number of halogens is 5. The Kier molecular flexibility index (Phi) is 9.51. The summed E-state index contributed by atoms with van der Waals surface area (Å²) in [5.74, 6) is 0.478. The molecule has 0 heterocycles. The molecule has 0 spiro atoms. The summed E-state index contributed by atoms with van der Waals surface area (Å²) in [6.45, 7) is 0.707. The number of nitrogens with zero attached hydrogens (tertiary/aromatic N) is 1. The molecule has 34 heavy (non-hydrogen) atoms. The van der Waals surface area contributed by atoms with Crippen molar-refractivity contribution in [2.45, 2.75) is 58.0 Å². The van der Waals surface area contributed by atoms with Crippen molar-refractivity contribution < 1.29 is 27.4 Å². The van der Waals surface area contributed by atoms with Gasteiger partial charge in [-0.3, -0.25) is 4.90 Å². The molecule has 9 heteroatoms. The van der Waals surface area contributed by atoms with E-state index in [9.17, 15) is 18.0 Å². The monoisotopic (exact) mass is 517 g/mol. The van der Waals surface area contributed by atoms with Crippen molar-refractivity contribution in [3.63, 3.8) is 0 Å². The smallest absolute Gasteiger partial charge is 0.416 e. The number of alkyl halides is 3. The average molecular weight is 518 g/mol. The Bertz CT molecular complexity index is 958. The van der Waals surface area contributed by atoms with Gasteiger partial charge in [-0.1, -0.05) is 48.5 Å². The van der Waals surface area contributed by atoms with Gasteiger partial charge >= 0.3 is 12.3 Å². The van der Waals surface area contributed by atoms with E-state index in [4.69, 9.17) is 32.7 Å². The molecule has 1 aliphatic carbocycles. The fourth-order valence-corrected chi connectivity index (χ4v) is 4.79. The predicted octanol–water partition coefficient (Wildman–Crippen LogP) is 7.88. The number of hydrogen-bond acceptors (Lipinski definition) is 3. The fraction of sp³-hybridized carbons (Fsp3) is 0.480. The Morgan fingerprint density at radius 1 is 1.00 bits per heavy atom. The van der Waals surface area contributed by atoms with Gasteiger partial charge in [-0.15, -0.1) is 0 Å². The molecule has 4 nitrogen and oxygen atoms in total. The minimum atomic E-state index is -4.51. The van der Waals surface area contributed by atoms with E-state index in [0.717, 1.165) is 25.0 Å². The summed E-state index contributed by atoms with van der Waals surface area (Å²) in [6, 6.07) is 8.38. The highest BCUT2D eigenvalue weighted by Gasteiger charge is 2.31. The largest absolute Gasteiger partial charge is 0.453 e. The molecular formula is C25H28Cl2F3NO3. The molecule has 186 valence electrons. The normalized spacial score (nSPS) is 14.8. The lowest BCUT2D eigenvalue weighted by molar-refractivity contribution is -0.137. The third-order valence-corrected chi connectivity index (χ3v) is 6.40. The quantitative estimate of drug-likeness (QED) is 0.357. The first-order valence-electron chi connectivity index (χ1n) is 11.2. The molecule has 0 radical (unpaired) electrons. The minimum absolute atomic E-state index is 0.0611. The molecule has 2 aromatic carbocycles. The summed E-state index contributed by atoms with van der Waals surface area (Å²) < 4.78 is 51.1. The summed E-state index contributed by atoms with van der Waals surface area (Å²) in [4.78, 5) is 13.8. The van der Waals surface area contributed by atoms with E-state index in [0.29, 0.717) is 39.3 Å². The molecule has 0 aliphatic heterocycles. The first kappa shape index (κ1) is 26.6. The van der Waals surface area contributed by atoms with E-state index in [1.165, 1.54) is 37.3 Å². The summed E-state index contributed by atoms with van der Waals surface area (Å²) in [6.07, 6.45) is 0.634. The van der Waals surface area contributed by atoms with Crippen LogP contribution in [-0.4, -0.2) is 24.7 Å². The molecule has 2 aromatic rings. The second-order valence-electron chi connectivity index (χ2n) is 8.60. The number of carbonyl (C=O) groups is 1. The third-order valence-electron chi connectivity index (χ3n) is 5.96. The van der Waals surface area contributed by atoms with Crippen LogP contribution in [0.4, 0.5) is 18.0 Å². The summed E-state index contributed by atoms with van der Waals surface area (Å²) in [5.41, 5.74) is 0.790. The summed E-state index contributed by atoms with van der Waals surface area (Å²) in [7, 11) is 1.22. The molecule has 0 saturated heterocycles. The van der Waals surface area contributed by atoms with Gasteiger partial charge in [-0.25, -0.2) is 4.79 Å². The van der Waals surface area contributed by atoms with E-state index in [1.807, 2.05) is 0 Å². The third kappa shape index (κ3) is 7.79. The van der Waals surface area contributed by atoms with Gasteiger partial charge in [0.25, 0.3) is 0 Å². The van der Waals surface area contributed by atoms with Crippen LogP contribution < -0.4 is 0 Å². The van der Waals surface area contributed by atoms with Crippen molar-refractivity contribution in [2.24, 2.45) is 5.92 Å². The lowest BCUT2D eigenvalue weighted by Crippen LogP contribution is -2.30. The number of rotatable bonds is 8. The summed E-state index contributed by atoms with van der Waals surface area (Å²) >= 11 is 12.1. The number of ether oxygens (including phenoxy) is 2. The van der Waals surface area contributed by atoms with Gasteiger partial charge in [0.2, 0.25) is 0 Å². The molecule has 3 rings (SSSR count). The SMILES string of the molecule is COC(=O)N(Cc1cc(Cl)cc(Cl)c1)Cc1cc(C(F)(F)F)ccc1COCC1CCCCC1. The Morgan fingerprint density at radius 3 is 2.29 bits per heavy atom. The highest BCUT2D eigenvalue weighted by molar-refractivity contribution is 6.34. The highest BCUT2D eigenvalue weighted by atomic mass is 35.5. The molecule has 0 atom stereocenters. The topological polar surface area (TPSA) is 38.8 Å². The number of amides is 1.